The summed E-state index contributed by atoms with van der Waals surface area (Å²) in [7, 11) is 0. The van der Waals surface area contributed by atoms with Crippen LogP contribution in [0.4, 0.5) is 5.69 Å². The number of hydrogen-bond acceptors (Lipinski definition) is 4. The van der Waals surface area contributed by atoms with Crippen LogP contribution in [0.25, 0.3) is 17.0 Å². The number of fused-ring (bicyclic) bond motifs is 1. The van der Waals surface area contributed by atoms with Crippen LogP contribution in [0.5, 0.6) is 0 Å². The average molecular weight is 231 g/mol. The molecule has 0 aliphatic carbocycles. The Morgan fingerprint density at radius 1 is 1.47 bits per heavy atom. The maximum absolute atomic E-state index is 10.6. The zero-order valence-corrected chi connectivity index (χ0v) is 8.79. The Balaban J connectivity index is 2.41. The third-order valence-electron chi connectivity index (χ3n) is 2.29. The highest BCUT2D eigenvalue weighted by atomic mass is 16.6. The predicted octanol–water partition coefficient (Wildman–Crippen LogP) is 2.07. The Bertz CT molecular complexity index is 601. The van der Waals surface area contributed by atoms with Crippen molar-refractivity contribution < 1.29 is 9.72 Å². The van der Waals surface area contributed by atoms with Crippen LogP contribution in [0.1, 0.15) is 12.1 Å². The molecule has 0 unspecified atom stereocenters. The van der Waals surface area contributed by atoms with Gasteiger partial charge in [0.15, 0.2) is 0 Å². The Morgan fingerprint density at radius 3 is 3.00 bits per heavy atom. The molecule has 1 heterocycles. The van der Waals surface area contributed by atoms with E-state index < -0.39 is 4.92 Å². The van der Waals surface area contributed by atoms with E-state index in [1.54, 1.807) is 18.2 Å². The second-order valence-corrected chi connectivity index (χ2v) is 3.40. The van der Waals surface area contributed by atoms with Crippen LogP contribution in [-0.4, -0.2) is 21.4 Å². The van der Waals surface area contributed by atoms with Gasteiger partial charge in [0.2, 0.25) is 0 Å². The van der Waals surface area contributed by atoms with Crippen molar-refractivity contribution in [3.63, 3.8) is 0 Å². The summed E-state index contributed by atoms with van der Waals surface area (Å²) in [5.74, 6) is 0. The van der Waals surface area contributed by atoms with Gasteiger partial charge in [0.25, 0.3) is 5.69 Å². The topological polar surface area (TPSA) is 88.9 Å². The highest BCUT2D eigenvalue weighted by Crippen LogP contribution is 2.22. The van der Waals surface area contributed by atoms with Crippen molar-refractivity contribution in [1.82, 2.24) is 10.2 Å². The SMILES string of the molecule is O=CCC=Cc1n[nH]c2cc([N+](=O)[O-])ccc12. The quantitative estimate of drug-likeness (QED) is 0.495. The van der Waals surface area contributed by atoms with Crippen LogP contribution in [-0.2, 0) is 4.79 Å². The third kappa shape index (κ3) is 2.20. The number of carbonyl (C=O) groups is 1. The minimum atomic E-state index is -0.456. The van der Waals surface area contributed by atoms with Crippen LogP contribution >= 0.6 is 0 Å². The molecule has 1 aromatic heterocycles. The van der Waals surface area contributed by atoms with Crippen molar-refractivity contribution >= 4 is 29.0 Å². The van der Waals surface area contributed by atoms with Crippen molar-refractivity contribution in [2.45, 2.75) is 6.42 Å². The van der Waals surface area contributed by atoms with Gasteiger partial charge < -0.3 is 4.79 Å². The molecule has 0 amide bonds. The molecule has 0 saturated heterocycles. The molecule has 0 atom stereocenters. The summed E-state index contributed by atoms with van der Waals surface area (Å²) in [6, 6.07) is 4.49. The van der Waals surface area contributed by atoms with Crippen molar-refractivity contribution in [1.29, 1.82) is 0 Å². The number of nitro groups is 1. The van der Waals surface area contributed by atoms with E-state index in [-0.39, 0.29) is 5.69 Å². The molecule has 0 aliphatic rings. The molecule has 2 aromatic rings. The number of aldehydes is 1. The zero-order chi connectivity index (χ0) is 12.3. The number of rotatable bonds is 4. The first-order valence-electron chi connectivity index (χ1n) is 4.95. The number of benzene rings is 1. The highest BCUT2D eigenvalue weighted by Gasteiger charge is 2.09. The number of H-pyrrole nitrogens is 1. The first-order chi connectivity index (χ1) is 8.22. The summed E-state index contributed by atoms with van der Waals surface area (Å²) in [4.78, 5) is 20.3. The molecule has 0 aliphatic heterocycles. The van der Waals surface area contributed by atoms with Crippen LogP contribution in [0.15, 0.2) is 24.3 Å². The Labute approximate surface area is 96.1 Å². The highest BCUT2D eigenvalue weighted by molar-refractivity contribution is 5.88. The molecule has 2 rings (SSSR count). The molecule has 86 valence electrons. The number of allylic oxidation sites excluding steroid dienone is 1. The summed E-state index contributed by atoms with van der Waals surface area (Å²) in [5, 5.41) is 18.1. The first-order valence-corrected chi connectivity index (χ1v) is 4.95. The minimum absolute atomic E-state index is 0.0181. The number of nitrogens with zero attached hydrogens (tertiary/aromatic N) is 2. The van der Waals surface area contributed by atoms with Gasteiger partial charge >= 0.3 is 0 Å². The van der Waals surface area contributed by atoms with E-state index in [9.17, 15) is 14.9 Å². The predicted molar refractivity (Wildman–Crippen MR) is 62.5 cm³/mol. The molecule has 17 heavy (non-hydrogen) atoms. The van der Waals surface area contributed by atoms with Crippen molar-refractivity contribution in [3.8, 4) is 0 Å². The lowest BCUT2D eigenvalue weighted by Gasteiger charge is -1.91. The van der Waals surface area contributed by atoms with Gasteiger partial charge in [0, 0.05) is 23.9 Å². The van der Waals surface area contributed by atoms with E-state index in [0.29, 0.717) is 17.6 Å². The van der Waals surface area contributed by atoms with Gasteiger partial charge in [-0.15, -0.1) is 0 Å². The number of nitrogens with one attached hydrogen (secondary N) is 1. The second kappa shape index (κ2) is 4.56. The lowest BCUT2D eigenvalue weighted by molar-refractivity contribution is -0.384. The van der Waals surface area contributed by atoms with E-state index in [4.69, 9.17) is 0 Å². The van der Waals surface area contributed by atoms with Crippen LogP contribution < -0.4 is 0 Å². The maximum Gasteiger partial charge on any atom is 0.271 e. The van der Waals surface area contributed by atoms with Gasteiger partial charge in [0.1, 0.15) is 6.29 Å². The van der Waals surface area contributed by atoms with E-state index >= 15 is 0 Å². The molecule has 0 radical (unpaired) electrons. The number of carbonyl (C=O) groups excluding carboxylic acids is 1. The third-order valence-corrected chi connectivity index (χ3v) is 2.29. The van der Waals surface area contributed by atoms with E-state index in [2.05, 4.69) is 10.2 Å². The minimum Gasteiger partial charge on any atom is -0.303 e. The van der Waals surface area contributed by atoms with E-state index in [0.717, 1.165) is 11.7 Å². The first kappa shape index (κ1) is 11.0. The summed E-state index contributed by atoms with van der Waals surface area (Å²) in [5.41, 5.74) is 1.28. The number of non-ortho nitro benzene ring substituents is 1. The fourth-order valence-corrected chi connectivity index (χ4v) is 1.50. The summed E-state index contributed by atoms with van der Waals surface area (Å²) in [6.07, 6.45) is 4.50. The number of aromatic amines is 1. The van der Waals surface area contributed by atoms with Gasteiger partial charge in [-0.05, 0) is 12.1 Å². The van der Waals surface area contributed by atoms with E-state index in [1.165, 1.54) is 12.1 Å². The van der Waals surface area contributed by atoms with Crippen LogP contribution in [0.2, 0.25) is 0 Å². The zero-order valence-electron chi connectivity index (χ0n) is 8.79. The Hall–Kier alpha value is -2.50. The van der Waals surface area contributed by atoms with Gasteiger partial charge in [-0.1, -0.05) is 6.08 Å². The molecule has 6 heteroatoms. The lowest BCUT2D eigenvalue weighted by atomic mass is 10.2. The van der Waals surface area contributed by atoms with Gasteiger partial charge in [-0.2, -0.15) is 5.10 Å². The van der Waals surface area contributed by atoms with E-state index in [1.807, 2.05) is 0 Å². The van der Waals surface area contributed by atoms with Crippen molar-refractivity contribution in [2.24, 2.45) is 0 Å². The second-order valence-electron chi connectivity index (χ2n) is 3.40. The number of nitro benzene ring substituents is 1. The molecular weight excluding hydrogens is 222 g/mol. The summed E-state index contributed by atoms with van der Waals surface area (Å²) in [6.45, 7) is 0. The number of hydrogen-bond donors (Lipinski definition) is 1. The fraction of sp³-hybridized carbons (Fsp3) is 0.0909. The molecule has 0 fully saturated rings. The summed E-state index contributed by atoms with van der Waals surface area (Å²) >= 11 is 0. The monoisotopic (exact) mass is 231 g/mol. The molecule has 6 nitrogen and oxygen atoms in total. The van der Waals surface area contributed by atoms with Crippen LogP contribution in [0.3, 0.4) is 0 Å². The lowest BCUT2D eigenvalue weighted by Crippen LogP contribution is -1.86. The Morgan fingerprint density at radius 2 is 2.29 bits per heavy atom. The molecule has 0 saturated carbocycles. The molecule has 1 aromatic carbocycles. The maximum atomic E-state index is 10.6. The molecular formula is C11H9N3O3. The molecule has 0 spiro atoms. The summed E-state index contributed by atoms with van der Waals surface area (Å²) < 4.78 is 0. The fourth-order valence-electron chi connectivity index (χ4n) is 1.50. The number of aromatic nitrogens is 2. The van der Waals surface area contributed by atoms with Gasteiger partial charge in [-0.3, -0.25) is 15.2 Å². The normalized spacial score (nSPS) is 11.1. The van der Waals surface area contributed by atoms with Crippen LogP contribution in [0, 0.1) is 10.1 Å². The molecule has 1 N–H and O–H groups in total. The largest absolute Gasteiger partial charge is 0.303 e. The standard InChI is InChI=1S/C11H9N3O3/c15-6-2-1-3-10-9-5-4-8(14(16)17)7-11(9)13-12-10/h1,3-7H,2H2,(H,12,13). The van der Waals surface area contributed by atoms with Crippen molar-refractivity contribution in [3.05, 3.63) is 40.1 Å². The smallest absolute Gasteiger partial charge is 0.271 e. The molecule has 0 bridgehead atoms. The Kier molecular flexibility index (Phi) is 2.95. The average Bonchev–Trinajstić information content (AvgIpc) is 2.72. The van der Waals surface area contributed by atoms with Gasteiger partial charge in [-0.25, -0.2) is 0 Å². The van der Waals surface area contributed by atoms with Gasteiger partial charge in [0.05, 0.1) is 16.1 Å². The van der Waals surface area contributed by atoms with Crippen molar-refractivity contribution in [2.75, 3.05) is 0 Å².